The smallest absolute Gasteiger partial charge is 0.358 e. The van der Waals surface area contributed by atoms with Crippen LogP contribution in [0.2, 0.25) is 0 Å². The van der Waals surface area contributed by atoms with Crippen molar-refractivity contribution in [3.05, 3.63) is 22.3 Å². The molecule has 0 spiro atoms. The molecule has 14 nitrogen and oxygen atoms in total. The largest absolute Gasteiger partial charge is 0.427 e. The number of anilines is 1. The Kier molecular flexibility index (Phi) is 8.99. The number of esters is 2. The van der Waals surface area contributed by atoms with E-state index in [4.69, 9.17) is 29.5 Å². The highest BCUT2D eigenvalue weighted by atomic mass is 32.2. The molecule has 17 heteroatoms. The molecule has 0 radical (unpaired) electrons. The molecule has 4 rings (SSSR count). The van der Waals surface area contributed by atoms with Crippen molar-refractivity contribution in [3.8, 4) is 0 Å². The summed E-state index contributed by atoms with van der Waals surface area (Å²) in [6.07, 6.45) is 1.09. The van der Waals surface area contributed by atoms with E-state index >= 15 is 0 Å². The summed E-state index contributed by atoms with van der Waals surface area (Å²) in [6.45, 7) is 4.59. The Balaban J connectivity index is 1.59. The Labute approximate surface area is 242 Å². The van der Waals surface area contributed by atoms with Gasteiger partial charge in [-0.25, -0.2) is 9.78 Å². The molecule has 3 aliphatic rings. The molecule has 218 valence electrons. The lowest BCUT2D eigenvalue weighted by molar-refractivity contribution is -0.173. The number of nitrogens with zero attached hydrogens (tertiary/aromatic N) is 3. The zero-order chi connectivity index (χ0) is 29.2. The molecule has 40 heavy (non-hydrogen) atoms. The number of carbonyl (C=O) groups is 4. The first-order valence-corrected chi connectivity index (χ1v) is 15.0. The van der Waals surface area contributed by atoms with Gasteiger partial charge < -0.3 is 34.8 Å². The quantitative estimate of drug-likeness (QED) is 0.131. The Morgan fingerprint density at radius 2 is 2.10 bits per heavy atom. The summed E-state index contributed by atoms with van der Waals surface area (Å²) in [5.41, 5.74) is 5.41. The fourth-order valence-corrected chi connectivity index (χ4v) is 7.23. The Morgan fingerprint density at radius 3 is 2.67 bits per heavy atom. The minimum Gasteiger partial charge on any atom is -0.427 e. The van der Waals surface area contributed by atoms with Gasteiger partial charge in [0.15, 0.2) is 15.7 Å². The maximum atomic E-state index is 13.8. The number of hydrogen-bond donors (Lipinski definition) is 2. The highest BCUT2D eigenvalue weighted by molar-refractivity contribution is 8.05. The van der Waals surface area contributed by atoms with Gasteiger partial charge in [-0.05, 0) is 27.0 Å². The second-order valence-corrected chi connectivity index (χ2v) is 12.7. The number of fused-ring (bicyclic) bond motifs is 1. The van der Waals surface area contributed by atoms with E-state index in [1.54, 1.807) is 32.4 Å². The van der Waals surface area contributed by atoms with Gasteiger partial charge in [0, 0.05) is 16.7 Å². The van der Waals surface area contributed by atoms with Crippen molar-refractivity contribution >= 4 is 69.5 Å². The summed E-state index contributed by atoms with van der Waals surface area (Å²) >= 11 is 3.57. The molecule has 1 aromatic heterocycles. The van der Waals surface area contributed by atoms with Gasteiger partial charge in [0.2, 0.25) is 6.79 Å². The predicted octanol–water partition coefficient (Wildman–Crippen LogP) is 0.883. The first-order valence-electron chi connectivity index (χ1n) is 11.9. The fourth-order valence-electron chi connectivity index (χ4n) is 4.01. The van der Waals surface area contributed by atoms with Gasteiger partial charge in [-0.1, -0.05) is 5.16 Å². The number of oxime groups is 1. The molecule has 4 heterocycles. The summed E-state index contributed by atoms with van der Waals surface area (Å²) in [6, 6.07) is 0. The number of hydrogen-bond acceptors (Lipinski definition) is 15. The average molecular weight is 616 g/mol. The SMILES string of the molecule is CO/N=C(\C(=O)NC1(SC)C(=O)N2C(C(=O)OCOC(=O)C(C)(C)C)=C(C3COCO3)CS[C@H]21)c1csc(N)n1. The number of amides is 2. The van der Waals surface area contributed by atoms with Crippen molar-refractivity contribution in [1.82, 2.24) is 15.2 Å². The Morgan fingerprint density at radius 1 is 1.35 bits per heavy atom. The molecule has 0 aliphatic carbocycles. The summed E-state index contributed by atoms with van der Waals surface area (Å²) < 4.78 is 21.3. The number of ether oxygens (including phenoxy) is 4. The summed E-state index contributed by atoms with van der Waals surface area (Å²) in [5.74, 6) is -2.41. The van der Waals surface area contributed by atoms with E-state index in [-0.39, 0.29) is 41.4 Å². The predicted molar refractivity (Wildman–Crippen MR) is 147 cm³/mol. The second-order valence-electron chi connectivity index (χ2n) is 9.68. The molecule has 2 unspecified atom stereocenters. The summed E-state index contributed by atoms with van der Waals surface area (Å²) in [4.78, 5) is 61.2. The topological polar surface area (TPSA) is 181 Å². The van der Waals surface area contributed by atoms with Crippen molar-refractivity contribution in [2.75, 3.05) is 45.0 Å². The van der Waals surface area contributed by atoms with Crippen LogP contribution in [0.5, 0.6) is 0 Å². The molecule has 2 fully saturated rings. The minimum atomic E-state index is -1.44. The van der Waals surface area contributed by atoms with Crippen molar-refractivity contribution in [3.63, 3.8) is 0 Å². The first-order chi connectivity index (χ1) is 18.9. The first kappa shape index (κ1) is 30.1. The van der Waals surface area contributed by atoms with Gasteiger partial charge in [-0.3, -0.25) is 19.3 Å². The average Bonchev–Trinajstić information content (AvgIpc) is 3.60. The molecule has 2 amide bonds. The number of nitrogens with two attached hydrogens (primary N) is 1. The maximum absolute atomic E-state index is 13.8. The van der Waals surface area contributed by atoms with E-state index in [0.29, 0.717) is 5.57 Å². The van der Waals surface area contributed by atoms with E-state index in [0.717, 1.165) is 23.1 Å². The third-order valence-corrected chi connectivity index (χ3v) is 9.36. The Bertz CT molecular complexity index is 1250. The van der Waals surface area contributed by atoms with E-state index in [1.165, 1.54) is 23.8 Å². The lowest BCUT2D eigenvalue weighted by atomic mass is 9.98. The van der Waals surface area contributed by atoms with Crippen LogP contribution in [0.4, 0.5) is 5.13 Å². The molecule has 3 atom stereocenters. The molecular weight excluding hydrogens is 586 g/mol. The molecule has 0 aromatic carbocycles. The van der Waals surface area contributed by atoms with Crippen LogP contribution in [-0.2, 0) is 43.0 Å². The van der Waals surface area contributed by atoms with Crippen LogP contribution in [0.15, 0.2) is 21.8 Å². The van der Waals surface area contributed by atoms with Crippen molar-refractivity contribution in [2.24, 2.45) is 10.6 Å². The summed E-state index contributed by atoms with van der Waals surface area (Å²) in [7, 11) is 1.28. The van der Waals surface area contributed by atoms with Crippen LogP contribution in [0.1, 0.15) is 26.5 Å². The van der Waals surface area contributed by atoms with E-state index in [9.17, 15) is 19.2 Å². The van der Waals surface area contributed by atoms with E-state index < -0.39 is 52.3 Å². The molecule has 0 bridgehead atoms. The number of β-lactam (4-membered cyclic amide) rings is 1. The molecule has 3 N–H and O–H groups in total. The van der Waals surface area contributed by atoms with E-state index in [1.807, 2.05) is 0 Å². The zero-order valence-electron chi connectivity index (χ0n) is 22.4. The van der Waals surface area contributed by atoms with Gasteiger partial charge >= 0.3 is 11.9 Å². The minimum absolute atomic E-state index is 0.0342. The van der Waals surface area contributed by atoms with Crippen LogP contribution in [0, 0.1) is 5.41 Å². The highest BCUT2D eigenvalue weighted by Gasteiger charge is 2.66. The Hall–Kier alpha value is -2.86. The monoisotopic (exact) mass is 615 g/mol. The molecule has 0 saturated carbocycles. The van der Waals surface area contributed by atoms with Gasteiger partial charge in [-0.15, -0.1) is 34.9 Å². The van der Waals surface area contributed by atoms with Crippen molar-refractivity contribution < 1.29 is 43.0 Å². The van der Waals surface area contributed by atoms with Gasteiger partial charge in [0.25, 0.3) is 11.8 Å². The summed E-state index contributed by atoms with van der Waals surface area (Å²) in [5, 5.41) is 7.63. The van der Waals surface area contributed by atoms with Gasteiger partial charge in [-0.2, -0.15) is 0 Å². The van der Waals surface area contributed by atoms with Gasteiger partial charge in [0.1, 0.15) is 36.8 Å². The zero-order valence-corrected chi connectivity index (χ0v) is 24.8. The maximum Gasteiger partial charge on any atom is 0.358 e. The van der Waals surface area contributed by atoms with Crippen LogP contribution in [0.25, 0.3) is 0 Å². The van der Waals surface area contributed by atoms with E-state index in [2.05, 4.69) is 15.5 Å². The number of carbonyl (C=O) groups excluding carboxylic acids is 4. The van der Waals surface area contributed by atoms with Crippen LogP contribution in [0.3, 0.4) is 0 Å². The second kappa shape index (κ2) is 11.9. The standard InChI is InChI=1S/C23H29N5O9S3/c1-22(2,3)20(32)37-10-36-17(30)15-11(13-6-34-9-35-13)7-39-19-23(38-5,18(31)28(15)19)26-16(29)14(27-33-4)12-8-40-21(24)25-12/h8,13,19H,6-7,9-10H2,1-5H3,(H2,24,25)(H,26,29)/b27-14-/t13?,19-,23?/m0/s1. The number of nitrogens with one attached hydrogen (secondary N) is 1. The van der Waals surface area contributed by atoms with Gasteiger partial charge in [0.05, 0.1) is 12.0 Å². The van der Waals surface area contributed by atoms with Crippen LogP contribution < -0.4 is 11.1 Å². The lowest BCUT2D eigenvalue weighted by Crippen LogP contribution is -2.78. The number of thiazole rings is 1. The lowest BCUT2D eigenvalue weighted by Gasteiger charge is -2.56. The molecular formula is C23H29N5O9S3. The molecule has 3 aliphatic heterocycles. The number of nitrogen functional groups attached to an aromatic ring is 1. The van der Waals surface area contributed by atoms with Crippen molar-refractivity contribution in [1.29, 1.82) is 0 Å². The number of rotatable bonds is 9. The van der Waals surface area contributed by atoms with Crippen LogP contribution in [-0.4, -0.2) is 95.0 Å². The third-order valence-electron chi connectivity index (χ3n) is 6.04. The number of aromatic nitrogens is 1. The normalized spacial score (nSPS) is 24.8. The highest BCUT2D eigenvalue weighted by Crippen LogP contribution is 2.51. The number of thioether (sulfide) groups is 2. The fraction of sp³-hybridized carbons (Fsp3) is 0.565. The molecule has 1 aromatic rings. The van der Waals surface area contributed by atoms with Crippen molar-refractivity contribution in [2.45, 2.75) is 37.1 Å². The molecule has 2 saturated heterocycles. The van der Waals surface area contributed by atoms with Crippen LogP contribution >= 0.6 is 34.9 Å². The third kappa shape index (κ3) is 5.65.